The van der Waals surface area contributed by atoms with Crippen LogP contribution in [-0.4, -0.2) is 48.2 Å². The lowest BCUT2D eigenvalue weighted by Crippen LogP contribution is -2.38. The number of aromatic nitrogens is 1. The van der Waals surface area contributed by atoms with Gasteiger partial charge in [-0.15, -0.1) is 35.3 Å². The number of hydrogen-bond donors (Lipinski definition) is 2. The minimum atomic E-state index is 0. The Morgan fingerprint density at radius 2 is 2.19 bits per heavy atom. The number of thiazole rings is 1. The van der Waals surface area contributed by atoms with E-state index in [0.717, 1.165) is 28.8 Å². The van der Waals surface area contributed by atoms with E-state index in [1.807, 2.05) is 33.0 Å². The highest BCUT2D eigenvalue weighted by Gasteiger charge is 2.10. The maximum Gasteiger partial charge on any atom is 0.194 e. The highest BCUT2D eigenvalue weighted by atomic mass is 127. The summed E-state index contributed by atoms with van der Waals surface area (Å²) in [7, 11) is 3.55. The number of phenols is 1. The quantitative estimate of drug-likeness (QED) is 0.354. The number of rotatable bonds is 7. The first-order valence-electron chi connectivity index (χ1n) is 8.30. The monoisotopic (exact) mass is 490 g/mol. The SMILES string of the molecule is CCNC(=NCCc1cccc(OC)c1O)N(C)Cc1csc(C)n1.I. The van der Waals surface area contributed by atoms with Crippen LogP contribution in [0, 0.1) is 6.92 Å². The Bertz CT molecular complexity index is 721. The van der Waals surface area contributed by atoms with Gasteiger partial charge in [-0.2, -0.15) is 0 Å². The van der Waals surface area contributed by atoms with E-state index in [4.69, 9.17) is 4.74 Å². The average Bonchev–Trinajstić information content (AvgIpc) is 3.00. The fraction of sp³-hybridized carbons (Fsp3) is 0.444. The minimum absolute atomic E-state index is 0. The van der Waals surface area contributed by atoms with Gasteiger partial charge in [-0.05, 0) is 31.9 Å². The van der Waals surface area contributed by atoms with Crippen molar-refractivity contribution in [1.82, 2.24) is 15.2 Å². The zero-order chi connectivity index (χ0) is 18.2. The standard InChI is InChI=1S/C18H26N4O2S.HI/c1-5-19-18(22(3)11-15-12-25-13(2)21-15)20-10-9-14-7-6-8-16(24-4)17(14)23;/h6-8,12,23H,5,9-11H2,1-4H3,(H,19,20);1H. The summed E-state index contributed by atoms with van der Waals surface area (Å²) in [5, 5.41) is 16.6. The van der Waals surface area contributed by atoms with Crippen molar-refractivity contribution in [2.45, 2.75) is 26.8 Å². The molecule has 1 aromatic carbocycles. The van der Waals surface area contributed by atoms with Gasteiger partial charge in [-0.1, -0.05) is 12.1 Å². The van der Waals surface area contributed by atoms with Crippen molar-refractivity contribution in [3.8, 4) is 11.5 Å². The van der Waals surface area contributed by atoms with Gasteiger partial charge in [0.2, 0.25) is 0 Å². The first kappa shape index (κ1) is 22.5. The molecular weight excluding hydrogens is 463 g/mol. The third-order valence-corrected chi connectivity index (χ3v) is 4.53. The lowest BCUT2D eigenvalue weighted by Gasteiger charge is -2.21. The molecule has 2 rings (SSSR count). The summed E-state index contributed by atoms with van der Waals surface area (Å²) in [6.45, 7) is 6.13. The maximum atomic E-state index is 10.2. The number of benzene rings is 1. The fourth-order valence-corrected chi connectivity index (χ4v) is 3.09. The van der Waals surface area contributed by atoms with E-state index >= 15 is 0 Å². The van der Waals surface area contributed by atoms with Crippen molar-refractivity contribution >= 4 is 41.3 Å². The van der Waals surface area contributed by atoms with Crippen LogP contribution in [0.25, 0.3) is 0 Å². The number of nitrogens with one attached hydrogen (secondary N) is 1. The van der Waals surface area contributed by atoms with E-state index in [1.165, 1.54) is 0 Å². The Labute approximate surface area is 176 Å². The molecular formula is C18H27IN4O2S. The molecule has 0 aliphatic heterocycles. The third kappa shape index (κ3) is 6.31. The smallest absolute Gasteiger partial charge is 0.194 e. The lowest BCUT2D eigenvalue weighted by molar-refractivity contribution is 0.370. The summed E-state index contributed by atoms with van der Waals surface area (Å²) in [5.74, 6) is 1.51. The minimum Gasteiger partial charge on any atom is -0.504 e. The van der Waals surface area contributed by atoms with Crippen molar-refractivity contribution in [3.63, 3.8) is 0 Å². The van der Waals surface area contributed by atoms with E-state index in [1.54, 1.807) is 24.5 Å². The molecule has 26 heavy (non-hydrogen) atoms. The van der Waals surface area contributed by atoms with Gasteiger partial charge < -0.3 is 20.1 Å². The molecule has 8 heteroatoms. The summed E-state index contributed by atoms with van der Waals surface area (Å²) in [6.07, 6.45) is 0.640. The summed E-state index contributed by atoms with van der Waals surface area (Å²) < 4.78 is 5.15. The van der Waals surface area contributed by atoms with Crippen molar-refractivity contribution < 1.29 is 9.84 Å². The van der Waals surface area contributed by atoms with Gasteiger partial charge in [0.15, 0.2) is 17.5 Å². The number of hydrogen-bond acceptors (Lipinski definition) is 5. The molecule has 0 saturated heterocycles. The topological polar surface area (TPSA) is 70.0 Å². The van der Waals surface area contributed by atoms with Crippen LogP contribution in [0.15, 0.2) is 28.6 Å². The van der Waals surface area contributed by atoms with Crippen molar-refractivity contribution in [1.29, 1.82) is 0 Å². The van der Waals surface area contributed by atoms with E-state index < -0.39 is 0 Å². The van der Waals surface area contributed by atoms with Gasteiger partial charge in [0.25, 0.3) is 0 Å². The highest BCUT2D eigenvalue weighted by Crippen LogP contribution is 2.29. The number of ether oxygens (including phenoxy) is 1. The largest absolute Gasteiger partial charge is 0.504 e. The maximum absolute atomic E-state index is 10.2. The van der Waals surface area contributed by atoms with E-state index in [-0.39, 0.29) is 29.7 Å². The van der Waals surface area contributed by atoms with Crippen LogP contribution in [-0.2, 0) is 13.0 Å². The number of halogens is 1. The van der Waals surface area contributed by atoms with Crippen molar-refractivity contribution in [2.24, 2.45) is 4.99 Å². The molecule has 0 aliphatic carbocycles. The molecule has 0 spiro atoms. The molecule has 0 radical (unpaired) electrons. The molecule has 2 aromatic rings. The molecule has 1 heterocycles. The van der Waals surface area contributed by atoms with Gasteiger partial charge in [-0.3, -0.25) is 4.99 Å². The third-order valence-electron chi connectivity index (χ3n) is 3.71. The average molecular weight is 490 g/mol. The molecule has 0 unspecified atom stereocenters. The normalized spacial score (nSPS) is 11.0. The Balaban J connectivity index is 0.00000338. The molecule has 0 aliphatic rings. The molecule has 0 bridgehead atoms. The van der Waals surface area contributed by atoms with Crippen LogP contribution < -0.4 is 10.1 Å². The number of aliphatic imine (C=N–C) groups is 1. The summed E-state index contributed by atoms with van der Waals surface area (Å²) in [4.78, 5) is 11.2. The predicted octanol–water partition coefficient (Wildman–Crippen LogP) is 3.42. The molecule has 0 saturated carbocycles. The molecule has 0 fully saturated rings. The first-order valence-corrected chi connectivity index (χ1v) is 9.18. The molecule has 6 nitrogen and oxygen atoms in total. The van der Waals surface area contributed by atoms with Gasteiger partial charge in [0, 0.05) is 25.5 Å². The van der Waals surface area contributed by atoms with E-state index in [2.05, 4.69) is 25.6 Å². The van der Waals surface area contributed by atoms with Crippen LogP contribution in [0.3, 0.4) is 0 Å². The number of aryl methyl sites for hydroxylation is 1. The zero-order valence-electron chi connectivity index (χ0n) is 15.7. The number of nitrogens with zero attached hydrogens (tertiary/aromatic N) is 3. The van der Waals surface area contributed by atoms with Crippen LogP contribution >= 0.6 is 35.3 Å². The summed E-state index contributed by atoms with van der Waals surface area (Å²) >= 11 is 1.65. The van der Waals surface area contributed by atoms with Gasteiger partial charge in [-0.25, -0.2) is 4.98 Å². The molecule has 0 atom stereocenters. The number of methoxy groups -OCH3 is 1. The van der Waals surface area contributed by atoms with Crippen molar-refractivity contribution in [3.05, 3.63) is 39.8 Å². The Kier molecular flexibility index (Phi) is 9.71. The van der Waals surface area contributed by atoms with E-state index in [9.17, 15) is 5.11 Å². The van der Waals surface area contributed by atoms with Crippen LogP contribution in [0.4, 0.5) is 0 Å². The Morgan fingerprint density at radius 1 is 1.42 bits per heavy atom. The molecule has 2 N–H and O–H groups in total. The van der Waals surface area contributed by atoms with Gasteiger partial charge >= 0.3 is 0 Å². The molecule has 144 valence electrons. The van der Waals surface area contributed by atoms with Crippen LogP contribution in [0.2, 0.25) is 0 Å². The number of para-hydroxylation sites is 1. The number of guanidine groups is 1. The first-order chi connectivity index (χ1) is 12.0. The van der Waals surface area contributed by atoms with E-state index in [0.29, 0.717) is 25.3 Å². The summed E-state index contributed by atoms with van der Waals surface area (Å²) in [5.41, 5.74) is 1.87. The zero-order valence-corrected chi connectivity index (χ0v) is 18.8. The lowest BCUT2D eigenvalue weighted by atomic mass is 10.1. The second-order valence-corrected chi connectivity index (χ2v) is 6.73. The number of aromatic hydroxyl groups is 1. The van der Waals surface area contributed by atoms with Crippen molar-refractivity contribution in [2.75, 3.05) is 27.2 Å². The fourth-order valence-electron chi connectivity index (χ4n) is 2.48. The Hall–Kier alpha value is -1.55. The second-order valence-electron chi connectivity index (χ2n) is 5.67. The molecule has 1 aromatic heterocycles. The summed E-state index contributed by atoms with van der Waals surface area (Å²) in [6, 6.07) is 5.51. The second kappa shape index (κ2) is 11.2. The predicted molar refractivity (Wildman–Crippen MR) is 118 cm³/mol. The van der Waals surface area contributed by atoms with Crippen LogP contribution in [0.1, 0.15) is 23.2 Å². The van der Waals surface area contributed by atoms with Gasteiger partial charge in [0.1, 0.15) is 0 Å². The van der Waals surface area contributed by atoms with Crippen LogP contribution in [0.5, 0.6) is 11.5 Å². The van der Waals surface area contributed by atoms with Gasteiger partial charge in [0.05, 0.1) is 24.4 Å². The number of phenolic OH excluding ortho intramolecular Hbond substituents is 1. The Morgan fingerprint density at radius 3 is 2.81 bits per heavy atom. The highest BCUT2D eigenvalue weighted by molar-refractivity contribution is 14.0. The molecule has 0 amide bonds.